The van der Waals surface area contributed by atoms with Gasteiger partial charge in [0.2, 0.25) is 5.78 Å². The number of carbonyl (C=O) groups is 1. The van der Waals surface area contributed by atoms with Crippen molar-refractivity contribution >= 4 is 33.3 Å². The zero-order valence-electron chi connectivity index (χ0n) is 10.1. The molecule has 18 heavy (non-hydrogen) atoms. The van der Waals surface area contributed by atoms with Gasteiger partial charge in [-0.2, -0.15) is 5.10 Å². The normalized spacial score (nSPS) is 10.7. The van der Waals surface area contributed by atoms with Gasteiger partial charge in [0.25, 0.3) is 0 Å². The molecule has 0 unspecified atom stereocenters. The Morgan fingerprint density at radius 2 is 2.22 bits per heavy atom. The van der Waals surface area contributed by atoms with Crippen molar-refractivity contribution in [1.82, 2.24) is 9.78 Å². The predicted molar refractivity (Wildman–Crippen MR) is 75.2 cm³/mol. The summed E-state index contributed by atoms with van der Waals surface area (Å²) in [6, 6.07) is 5.49. The minimum atomic E-state index is -0.102. The fourth-order valence-corrected chi connectivity index (χ4v) is 2.22. The van der Waals surface area contributed by atoms with E-state index in [1.54, 1.807) is 10.7 Å². The molecule has 0 atom stereocenters. The average Bonchev–Trinajstić information content (AvgIpc) is 2.73. The number of nitrogens with zero attached hydrogens (tertiary/aromatic N) is 2. The summed E-state index contributed by atoms with van der Waals surface area (Å²) >= 11 is 9.44. The minimum Gasteiger partial charge on any atom is -0.287 e. The molecule has 1 heterocycles. The highest BCUT2D eigenvalue weighted by Crippen LogP contribution is 2.22. The van der Waals surface area contributed by atoms with Crippen molar-refractivity contribution in [2.75, 3.05) is 0 Å². The number of aryl methyl sites for hydroxylation is 2. The van der Waals surface area contributed by atoms with Gasteiger partial charge in [-0.1, -0.05) is 27.5 Å². The molecule has 94 valence electrons. The molecule has 0 aliphatic rings. The molecular weight excluding hydrogens is 316 g/mol. The molecule has 0 radical (unpaired) electrons. The summed E-state index contributed by atoms with van der Waals surface area (Å²) in [6.45, 7) is 4.48. The maximum absolute atomic E-state index is 12.4. The van der Waals surface area contributed by atoms with Gasteiger partial charge < -0.3 is 0 Å². The number of ketones is 1. The highest BCUT2D eigenvalue weighted by atomic mass is 79.9. The van der Waals surface area contributed by atoms with Gasteiger partial charge in [-0.25, -0.2) is 0 Å². The first-order valence-corrected chi connectivity index (χ1v) is 6.73. The molecule has 0 saturated heterocycles. The lowest BCUT2D eigenvalue weighted by Crippen LogP contribution is -2.11. The van der Waals surface area contributed by atoms with Gasteiger partial charge in [0.05, 0.1) is 11.2 Å². The van der Waals surface area contributed by atoms with Gasteiger partial charge in [-0.05, 0) is 37.6 Å². The predicted octanol–water partition coefficient (Wildman–Crippen LogP) is 3.86. The lowest BCUT2D eigenvalue weighted by molar-refractivity contribution is 0.102. The van der Waals surface area contributed by atoms with Crippen LogP contribution in [0.4, 0.5) is 0 Å². The summed E-state index contributed by atoms with van der Waals surface area (Å²) in [6.07, 6.45) is 1.50. The first kappa shape index (κ1) is 13.3. The zero-order valence-corrected chi connectivity index (χ0v) is 12.4. The number of rotatable bonds is 3. The van der Waals surface area contributed by atoms with E-state index in [0.29, 0.717) is 22.8 Å². The third-order valence-electron chi connectivity index (χ3n) is 2.73. The first-order chi connectivity index (χ1) is 8.54. The second kappa shape index (κ2) is 5.24. The van der Waals surface area contributed by atoms with Crippen LogP contribution in [0.5, 0.6) is 0 Å². The van der Waals surface area contributed by atoms with Gasteiger partial charge in [-0.15, -0.1) is 0 Å². The van der Waals surface area contributed by atoms with Crippen molar-refractivity contribution in [2.24, 2.45) is 0 Å². The van der Waals surface area contributed by atoms with Crippen LogP contribution < -0.4 is 0 Å². The molecule has 0 N–H and O–H groups in total. The third-order valence-corrected chi connectivity index (χ3v) is 3.90. The van der Waals surface area contributed by atoms with Crippen molar-refractivity contribution in [3.8, 4) is 0 Å². The summed E-state index contributed by atoms with van der Waals surface area (Å²) in [5, 5.41) is 4.47. The topological polar surface area (TPSA) is 34.9 Å². The van der Waals surface area contributed by atoms with Crippen LogP contribution in [0.15, 0.2) is 28.9 Å². The first-order valence-electron chi connectivity index (χ1n) is 5.56. The maximum Gasteiger partial charge on any atom is 0.212 e. The van der Waals surface area contributed by atoms with E-state index in [9.17, 15) is 4.79 Å². The van der Waals surface area contributed by atoms with E-state index in [1.165, 1.54) is 6.20 Å². The third kappa shape index (κ3) is 2.35. The van der Waals surface area contributed by atoms with Crippen LogP contribution in [0.1, 0.15) is 28.5 Å². The summed E-state index contributed by atoms with van der Waals surface area (Å²) in [7, 11) is 0. The van der Waals surface area contributed by atoms with E-state index >= 15 is 0 Å². The molecule has 2 rings (SSSR count). The smallest absolute Gasteiger partial charge is 0.212 e. The van der Waals surface area contributed by atoms with Crippen LogP contribution >= 0.6 is 27.5 Å². The van der Waals surface area contributed by atoms with E-state index in [0.717, 1.165) is 10.0 Å². The summed E-state index contributed by atoms with van der Waals surface area (Å²) in [4.78, 5) is 12.4. The van der Waals surface area contributed by atoms with Crippen LogP contribution in [-0.2, 0) is 6.54 Å². The molecule has 0 aliphatic carbocycles. The molecule has 3 nitrogen and oxygen atoms in total. The number of benzene rings is 1. The number of aromatic nitrogens is 2. The minimum absolute atomic E-state index is 0.102. The van der Waals surface area contributed by atoms with Crippen molar-refractivity contribution in [3.05, 3.63) is 50.7 Å². The average molecular weight is 328 g/mol. The van der Waals surface area contributed by atoms with E-state index in [2.05, 4.69) is 21.0 Å². The zero-order chi connectivity index (χ0) is 13.3. The van der Waals surface area contributed by atoms with Crippen LogP contribution in [0.25, 0.3) is 0 Å². The van der Waals surface area contributed by atoms with E-state index in [4.69, 9.17) is 11.6 Å². The fourth-order valence-electron chi connectivity index (χ4n) is 1.75. The lowest BCUT2D eigenvalue weighted by atomic mass is 10.1. The molecule has 5 heteroatoms. The molecule has 0 fully saturated rings. The Labute approximate surface area is 119 Å². The summed E-state index contributed by atoms with van der Waals surface area (Å²) in [5.41, 5.74) is 2.08. The van der Waals surface area contributed by atoms with Crippen LogP contribution in [0, 0.1) is 6.92 Å². The fraction of sp³-hybridized carbons (Fsp3) is 0.231. The second-order valence-electron chi connectivity index (χ2n) is 3.95. The summed E-state index contributed by atoms with van der Waals surface area (Å²) in [5.74, 6) is -0.102. The van der Waals surface area contributed by atoms with Gasteiger partial charge >= 0.3 is 0 Å². The van der Waals surface area contributed by atoms with Gasteiger partial charge in [0.1, 0.15) is 5.69 Å². The molecule has 0 amide bonds. The highest BCUT2D eigenvalue weighted by Gasteiger charge is 2.18. The molecule has 0 spiro atoms. The van der Waals surface area contributed by atoms with Crippen molar-refractivity contribution in [1.29, 1.82) is 0 Å². The largest absolute Gasteiger partial charge is 0.287 e. The van der Waals surface area contributed by atoms with Crippen LogP contribution in [0.3, 0.4) is 0 Å². The van der Waals surface area contributed by atoms with Crippen molar-refractivity contribution < 1.29 is 4.79 Å². The Kier molecular flexibility index (Phi) is 3.88. The lowest BCUT2D eigenvalue weighted by Gasteiger charge is -2.06. The molecule has 1 aromatic carbocycles. The quantitative estimate of drug-likeness (QED) is 0.802. The van der Waals surface area contributed by atoms with E-state index in [1.807, 2.05) is 26.0 Å². The number of hydrogen-bond acceptors (Lipinski definition) is 2. The SMILES string of the molecule is CCn1ncc(Cl)c1C(=O)c1ccc(Br)c(C)c1. The number of carbonyl (C=O) groups excluding carboxylic acids is 1. The Balaban J connectivity index is 2.47. The molecule has 0 bridgehead atoms. The molecule has 0 aliphatic heterocycles. The molecular formula is C13H12BrClN2O. The van der Waals surface area contributed by atoms with Crippen LogP contribution in [-0.4, -0.2) is 15.6 Å². The summed E-state index contributed by atoms with van der Waals surface area (Å²) < 4.78 is 2.59. The Hall–Kier alpha value is -1.13. The van der Waals surface area contributed by atoms with Gasteiger partial charge in [0, 0.05) is 16.6 Å². The Bertz CT molecular complexity index is 607. The molecule has 2 aromatic rings. The monoisotopic (exact) mass is 326 g/mol. The highest BCUT2D eigenvalue weighted by molar-refractivity contribution is 9.10. The van der Waals surface area contributed by atoms with Gasteiger partial charge in [-0.3, -0.25) is 9.48 Å². The van der Waals surface area contributed by atoms with Crippen molar-refractivity contribution in [2.45, 2.75) is 20.4 Å². The van der Waals surface area contributed by atoms with E-state index < -0.39 is 0 Å². The molecule has 1 aromatic heterocycles. The standard InChI is InChI=1S/C13H12BrClN2O/c1-3-17-12(11(15)7-16-17)13(18)9-4-5-10(14)8(2)6-9/h4-7H,3H2,1-2H3. The number of halogens is 2. The maximum atomic E-state index is 12.4. The molecule has 0 saturated carbocycles. The Morgan fingerprint density at radius 3 is 2.83 bits per heavy atom. The second-order valence-corrected chi connectivity index (χ2v) is 5.21. The van der Waals surface area contributed by atoms with E-state index in [-0.39, 0.29) is 5.78 Å². The Morgan fingerprint density at radius 1 is 1.50 bits per heavy atom. The number of hydrogen-bond donors (Lipinski definition) is 0. The van der Waals surface area contributed by atoms with Crippen LogP contribution in [0.2, 0.25) is 5.02 Å². The van der Waals surface area contributed by atoms with Crippen molar-refractivity contribution in [3.63, 3.8) is 0 Å². The van der Waals surface area contributed by atoms with Gasteiger partial charge in [0.15, 0.2) is 0 Å².